The first-order valence-electron chi connectivity index (χ1n) is 4.86. The van der Waals surface area contributed by atoms with E-state index in [4.69, 9.17) is 0 Å². The lowest BCUT2D eigenvalue weighted by molar-refractivity contribution is 0.358. The van der Waals surface area contributed by atoms with Crippen LogP contribution in [0.3, 0.4) is 0 Å². The number of thioether (sulfide) groups is 1. The van der Waals surface area contributed by atoms with Crippen molar-refractivity contribution in [3.63, 3.8) is 0 Å². The summed E-state index contributed by atoms with van der Waals surface area (Å²) in [6, 6.07) is 0. The quantitative estimate of drug-likeness (QED) is 0.736. The van der Waals surface area contributed by atoms with Gasteiger partial charge in [0.05, 0.1) is 6.54 Å². The summed E-state index contributed by atoms with van der Waals surface area (Å²) in [7, 11) is 2.13. The number of amidine groups is 1. The lowest BCUT2D eigenvalue weighted by atomic mass is 10.5. The summed E-state index contributed by atoms with van der Waals surface area (Å²) in [6.07, 6.45) is 0. The minimum atomic E-state index is 0.659. The molecule has 0 aromatic carbocycles. The van der Waals surface area contributed by atoms with E-state index in [1.165, 1.54) is 0 Å². The van der Waals surface area contributed by atoms with Crippen LogP contribution in [0.15, 0.2) is 4.99 Å². The maximum atomic E-state index is 4.39. The molecular weight excluding hydrogens is 182 g/mol. The Hall–Kier alpha value is -0.220. The van der Waals surface area contributed by atoms with Gasteiger partial charge < -0.3 is 10.2 Å². The van der Waals surface area contributed by atoms with Gasteiger partial charge in [0.1, 0.15) is 0 Å². The van der Waals surface area contributed by atoms with Gasteiger partial charge in [-0.2, -0.15) is 0 Å². The van der Waals surface area contributed by atoms with Crippen LogP contribution in [0.1, 0.15) is 13.8 Å². The lowest BCUT2D eigenvalue weighted by Crippen LogP contribution is -2.31. The molecule has 0 bridgehead atoms. The number of hydrogen-bond donors (Lipinski definition) is 1. The summed E-state index contributed by atoms with van der Waals surface area (Å²) in [5.41, 5.74) is 0. The second-order valence-corrected chi connectivity index (χ2v) is 4.82. The molecule has 4 heteroatoms. The fraction of sp³-hybridized carbons (Fsp3) is 0.889. The summed E-state index contributed by atoms with van der Waals surface area (Å²) in [5.74, 6) is 0. The van der Waals surface area contributed by atoms with Crippen molar-refractivity contribution < 1.29 is 0 Å². The first-order chi connectivity index (χ1) is 6.22. The molecule has 0 radical (unpaired) electrons. The Morgan fingerprint density at radius 1 is 1.69 bits per heavy atom. The first kappa shape index (κ1) is 10.9. The Morgan fingerprint density at radius 3 is 3.00 bits per heavy atom. The van der Waals surface area contributed by atoms with Crippen LogP contribution in [0.2, 0.25) is 0 Å². The topological polar surface area (TPSA) is 27.6 Å². The molecule has 1 aliphatic heterocycles. The highest BCUT2D eigenvalue weighted by molar-refractivity contribution is 8.14. The van der Waals surface area contributed by atoms with Gasteiger partial charge in [-0.1, -0.05) is 25.6 Å². The van der Waals surface area contributed by atoms with E-state index >= 15 is 0 Å². The molecule has 3 nitrogen and oxygen atoms in total. The van der Waals surface area contributed by atoms with Gasteiger partial charge in [-0.15, -0.1) is 0 Å². The average Bonchev–Trinajstić information content (AvgIpc) is 2.51. The average molecular weight is 201 g/mol. The molecule has 0 saturated heterocycles. The number of rotatable bonds is 4. The van der Waals surface area contributed by atoms with Crippen LogP contribution >= 0.6 is 11.8 Å². The molecule has 13 heavy (non-hydrogen) atoms. The molecule has 1 atom stereocenters. The number of nitrogens with one attached hydrogen (secondary N) is 1. The van der Waals surface area contributed by atoms with E-state index in [1.807, 2.05) is 11.8 Å². The Kier molecular flexibility index (Phi) is 4.59. The molecule has 1 heterocycles. The monoisotopic (exact) mass is 201 g/mol. The zero-order valence-corrected chi connectivity index (χ0v) is 9.52. The van der Waals surface area contributed by atoms with Crippen LogP contribution in [0.5, 0.6) is 0 Å². The van der Waals surface area contributed by atoms with E-state index in [0.717, 1.165) is 31.3 Å². The van der Waals surface area contributed by atoms with Crippen molar-refractivity contribution in [1.82, 2.24) is 10.2 Å². The number of aliphatic imine (C=N–C) groups is 1. The van der Waals surface area contributed by atoms with Crippen molar-refractivity contribution in [3.8, 4) is 0 Å². The third-order valence-corrected chi connectivity index (χ3v) is 3.16. The van der Waals surface area contributed by atoms with Crippen LogP contribution in [0.25, 0.3) is 0 Å². The van der Waals surface area contributed by atoms with E-state index in [0.29, 0.717) is 5.25 Å². The molecule has 0 aromatic heterocycles. The minimum absolute atomic E-state index is 0.659. The van der Waals surface area contributed by atoms with Gasteiger partial charge in [-0.25, -0.2) is 0 Å². The van der Waals surface area contributed by atoms with Crippen molar-refractivity contribution in [2.75, 3.05) is 33.2 Å². The molecule has 1 N–H and O–H groups in total. The maximum Gasteiger partial charge on any atom is 0.156 e. The van der Waals surface area contributed by atoms with E-state index in [9.17, 15) is 0 Å². The zero-order valence-electron chi connectivity index (χ0n) is 8.71. The Bertz CT molecular complexity index is 182. The van der Waals surface area contributed by atoms with Crippen LogP contribution in [0.4, 0.5) is 0 Å². The summed E-state index contributed by atoms with van der Waals surface area (Å²) in [5, 5.41) is 5.13. The summed E-state index contributed by atoms with van der Waals surface area (Å²) in [4.78, 5) is 6.68. The van der Waals surface area contributed by atoms with E-state index in [-0.39, 0.29) is 0 Å². The molecule has 0 fully saturated rings. The summed E-state index contributed by atoms with van der Waals surface area (Å²) < 4.78 is 0. The van der Waals surface area contributed by atoms with Gasteiger partial charge in [0, 0.05) is 18.3 Å². The van der Waals surface area contributed by atoms with Crippen molar-refractivity contribution in [2.45, 2.75) is 19.1 Å². The molecular formula is C9H19N3S. The summed E-state index contributed by atoms with van der Waals surface area (Å²) >= 11 is 1.85. The second-order valence-electron chi connectivity index (χ2n) is 3.40. The minimum Gasteiger partial charge on any atom is -0.364 e. The van der Waals surface area contributed by atoms with Gasteiger partial charge in [0.25, 0.3) is 0 Å². The molecule has 0 amide bonds. The molecule has 1 aliphatic rings. The second kappa shape index (κ2) is 5.50. The van der Waals surface area contributed by atoms with Crippen LogP contribution < -0.4 is 5.32 Å². The van der Waals surface area contributed by atoms with E-state index < -0.39 is 0 Å². The van der Waals surface area contributed by atoms with E-state index in [2.05, 4.69) is 36.1 Å². The fourth-order valence-corrected chi connectivity index (χ4v) is 1.95. The van der Waals surface area contributed by atoms with Crippen molar-refractivity contribution in [3.05, 3.63) is 0 Å². The molecule has 76 valence electrons. The zero-order chi connectivity index (χ0) is 9.68. The summed E-state index contributed by atoms with van der Waals surface area (Å²) in [6.45, 7) is 8.55. The van der Waals surface area contributed by atoms with Crippen molar-refractivity contribution in [1.29, 1.82) is 0 Å². The molecule has 0 saturated carbocycles. The third kappa shape index (κ3) is 4.00. The van der Waals surface area contributed by atoms with Crippen LogP contribution in [-0.2, 0) is 0 Å². The number of nitrogens with zero attached hydrogens (tertiary/aromatic N) is 2. The largest absolute Gasteiger partial charge is 0.364 e. The molecule has 1 unspecified atom stereocenters. The highest BCUT2D eigenvalue weighted by atomic mass is 32.2. The predicted octanol–water partition coefficient (Wildman–Crippen LogP) is 1.02. The highest BCUT2D eigenvalue weighted by Gasteiger charge is 2.13. The smallest absolute Gasteiger partial charge is 0.156 e. The molecule has 0 spiro atoms. The third-order valence-electron chi connectivity index (χ3n) is 2.11. The molecule has 1 rings (SSSR count). The van der Waals surface area contributed by atoms with Gasteiger partial charge >= 0.3 is 0 Å². The van der Waals surface area contributed by atoms with E-state index in [1.54, 1.807) is 0 Å². The van der Waals surface area contributed by atoms with Crippen molar-refractivity contribution in [2.24, 2.45) is 4.99 Å². The highest BCUT2D eigenvalue weighted by Crippen LogP contribution is 2.17. The number of hydrogen-bond acceptors (Lipinski definition) is 4. The van der Waals surface area contributed by atoms with Gasteiger partial charge in [-0.05, 0) is 13.6 Å². The normalized spacial score (nSPS) is 22.2. The Labute approximate surface area is 85.0 Å². The standard InChI is InChI=1S/C9H19N3S/c1-4-12(3)6-5-10-9-11-7-8(2)13-9/h8H,4-7H2,1-3H3,(H,10,11). The van der Waals surface area contributed by atoms with Gasteiger partial charge in [0.15, 0.2) is 5.17 Å². The maximum absolute atomic E-state index is 4.39. The Balaban J connectivity index is 2.06. The van der Waals surface area contributed by atoms with Gasteiger partial charge in [0.2, 0.25) is 0 Å². The Morgan fingerprint density at radius 2 is 2.46 bits per heavy atom. The predicted molar refractivity (Wildman–Crippen MR) is 60.5 cm³/mol. The number of likely N-dealkylation sites (N-methyl/N-ethyl adjacent to an activating group) is 1. The molecule has 0 aromatic rings. The lowest BCUT2D eigenvalue weighted by Gasteiger charge is -2.14. The SMILES string of the molecule is CCN(C)CCNC1=NCC(C)S1. The van der Waals surface area contributed by atoms with Crippen molar-refractivity contribution >= 4 is 16.9 Å². The molecule has 0 aliphatic carbocycles. The fourth-order valence-electron chi connectivity index (χ4n) is 1.09. The van der Waals surface area contributed by atoms with Crippen LogP contribution in [0, 0.1) is 0 Å². The van der Waals surface area contributed by atoms with Gasteiger partial charge in [-0.3, -0.25) is 4.99 Å². The first-order valence-corrected chi connectivity index (χ1v) is 5.74. The van der Waals surface area contributed by atoms with Crippen LogP contribution in [-0.4, -0.2) is 48.5 Å².